The fraction of sp³-hybridized carbons (Fsp3) is 0.385. The van der Waals surface area contributed by atoms with Crippen LogP contribution in [0.1, 0.15) is 29.6 Å². The molecule has 0 bridgehead atoms. The van der Waals surface area contributed by atoms with E-state index in [1.165, 1.54) is 0 Å². The zero-order valence-corrected chi connectivity index (χ0v) is 9.59. The Kier molecular flexibility index (Phi) is 3.75. The minimum absolute atomic E-state index is 0.401. The number of benzene rings is 1. The second-order valence-corrected chi connectivity index (χ2v) is 4.07. The number of carbonyl (C=O) groups is 2. The van der Waals surface area contributed by atoms with Gasteiger partial charge in [0.05, 0.1) is 5.56 Å². The highest BCUT2D eigenvalue weighted by Crippen LogP contribution is 2.11. The van der Waals surface area contributed by atoms with Crippen molar-refractivity contribution in [1.29, 1.82) is 0 Å². The number of hydrogen-bond donors (Lipinski definition) is 0. The summed E-state index contributed by atoms with van der Waals surface area (Å²) in [6.45, 7) is 1.36. The molecule has 1 aromatic rings. The molecule has 0 unspecified atom stereocenters. The van der Waals surface area contributed by atoms with Crippen molar-refractivity contribution in [3.8, 4) is 0 Å². The second kappa shape index (κ2) is 5.48. The van der Waals surface area contributed by atoms with Gasteiger partial charge in [0.2, 0.25) is 0 Å². The molecule has 0 aromatic heterocycles. The first-order valence-corrected chi connectivity index (χ1v) is 5.83. The SMILES string of the molecule is O=C(OC(=O)N1CCCCC1)c1ccccc1. The summed E-state index contributed by atoms with van der Waals surface area (Å²) in [6, 6.07) is 8.55. The molecule has 1 aliphatic heterocycles. The summed E-state index contributed by atoms with van der Waals surface area (Å²) in [5.41, 5.74) is 0.401. The second-order valence-electron chi connectivity index (χ2n) is 4.07. The molecule has 0 spiro atoms. The van der Waals surface area contributed by atoms with E-state index in [0.29, 0.717) is 18.7 Å². The molecular formula is C13H15NO3. The van der Waals surface area contributed by atoms with E-state index in [4.69, 9.17) is 4.74 Å². The number of nitrogens with zero attached hydrogens (tertiary/aromatic N) is 1. The third kappa shape index (κ3) is 3.06. The molecule has 4 heteroatoms. The Hall–Kier alpha value is -1.84. The van der Waals surface area contributed by atoms with E-state index < -0.39 is 12.1 Å². The summed E-state index contributed by atoms with van der Waals surface area (Å²) >= 11 is 0. The fourth-order valence-electron chi connectivity index (χ4n) is 1.85. The summed E-state index contributed by atoms with van der Waals surface area (Å²) in [4.78, 5) is 24.9. The van der Waals surface area contributed by atoms with Crippen molar-refractivity contribution in [2.75, 3.05) is 13.1 Å². The number of rotatable bonds is 1. The first-order valence-electron chi connectivity index (χ1n) is 5.83. The Morgan fingerprint density at radius 3 is 2.29 bits per heavy atom. The maximum absolute atomic E-state index is 11.7. The number of esters is 1. The van der Waals surface area contributed by atoms with Gasteiger partial charge in [0.1, 0.15) is 0 Å². The third-order valence-corrected chi connectivity index (χ3v) is 2.80. The van der Waals surface area contributed by atoms with Crippen molar-refractivity contribution >= 4 is 12.1 Å². The topological polar surface area (TPSA) is 46.6 Å². The predicted molar refractivity (Wildman–Crippen MR) is 62.7 cm³/mol. The molecule has 90 valence electrons. The standard InChI is InChI=1S/C13H15NO3/c15-12(11-7-3-1-4-8-11)17-13(16)14-9-5-2-6-10-14/h1,3-4,7-8H,2,5-6,9-10H2. The quantitative estimate of drug-likeness (QED) is 0.553. The Bertz CT molecular complexity index is 396. The van der Waals surface area contributed by atoms with Crippen molar-refractivity contribution in [2.24, 2.45) is 0 Å². The van der Waals surface area contributed by atoms with Crippen LogP contribution in [-0.4, -0.2) is 30.1 Å². The lowest BCUT2D eigenvalue weighted by Gasteiger charge is -2.25. The Balaban J connectivity index is 1.92. The maximum atomic E-state index is 11.7. The van der Waals surface area contributed by atoms with Gasteiger partial charge in [-0.3, -0.25) is 0 Å². The molecule has 1 fully saturated rings. The zero-order chi connectivity index (χ0) is 12.1. The van der Waals surface area contributed by atoms with E-state index >= 15 is 0 Å². The zero-order valence-electron chi connectivity index (χ0n) is 9.59. The lowest BCUT2D eigenvalue weighted by molar-refractivity contribution is 0.0527. The van der Waals surface area contributed by atoms with Crippen LogP contribution >= 0.6 is 0 Å². The number of piperidine rings is 1. The van der Waals surface area contributed by atoms with Crippen LogP contribution < -0.4 is 0 Å². The minimum atomic E-state index is -0.582. The number of hydrogen-bond acceptors (Lipinski definition) is 3. The molecule has 0 saturated carbocycles. The molecule has 1 amide bonds. The summed E-state index contributed by atoms with van der Waals surface area (Å²) in [7, 11) is 0. The first kappa shape index (κ1) is 11.6. The molecule has 1 aromatic carbocycles. The van der Waals surface area contributed by atoms with Gasteiger partial charge in [0, 0.05) is 13.1 Å². The van der Waals surface area contributed by atoms with Gasteiger partial charge in [-0.25, -0.2) is 9.59 Å². The van der Waals surface area contributed by atoms with Gasteiger partial charge in [0.25, 0.3) is 0 Å². The molecule has 4 nitrogen and oxygen atoms in total. The van der Waals surface area contributed by atoms with Crippen molar-refractivity contribution in [3.63, 3.8) is 0 Å². The van der Waals surface area contributed by atoms with E-state index in [-0.39, 0.29) is 0 Å². The number of ether oxygens (including phenoxy) is 1. The Morgan fingerprint density at radius 1 is 1.00 bits per heavy atom. The van der Waals surface area contributed by atoms with Crippen molar-refractivity contribution in [2.45, 2.75) is 19.3 Å². The Morgan fingerprint density at radius 2 is 1.65 bits per heavy atom. The lowest BCUT2D eigenvalue weighted by atomic mass is 10.1. The average Bonchev–Trinajstić information content (AvgIpc) is 2.40. The predicted octanol–water partition coefficient (Wildman–Crippen LogP) is 2.45. The molecular weight excluding hydrogens is 218 g/mol. The number of amides is 1. The average molecular weight is 233 g/mol. The van der Waals surface area contributed by atoms with Gasteiger partial charge in [-0.1, -0.05) is 18.2 Å². The molecule has 0 atom stereocenters. The molecule has 0 N–H and O–H groups in total. The maximum Gasteiger partial charge on any atom is 0.417 e. The molecule has 2 rings (SSSR count). The van der Waals surface area contributed by atoms with E-state index in [2.05, 4.69) is 0 Å². The Labute approximate surface area is 100 Å². The van der Waals surface area contributed by atoms with Gasteiger partial charge >= 0.3 is 12.1 Å². The minimum Gasteiger partial charge on any atom is -0.372 e. The summed E-state index contributed by atoms with van der Waals surface area (Å²) < 4.78 is 4.82. The highest BCUT2D eigenvalue weighted by molar-refractivity contribution is 5.96. The monoisotopic (exact) mass is 233 g/mol. The van der Waals surface area contributed by atoms with E-state index in [9.17, 15) is 9.59 Å². The van der Waals surface area contributed by atoms with Crippen LogP contribution in [0.2, 0.25) is 0 Å². The normalized spacial score (nSPS) is 15.4. The highest BCUT2D eigenvalue weighted by atomic mass is 16.6. The molecule has 1 heterocycles. The molecule has 1 saturated heterocycles. The lowest BCUT2D eigenvalue weighted by Crippen LogP contribution is -2.37. The van der Waals surface area contributed by atoms with Gasteiger partial charge in [-0.15, -0.1) is 0 Å². The van der Waals surface area contributed by atoms with Crippen LogP contribution in [-0.2, 0) is 4.74 Å². The molecule has 17 heavy (non-hydrogen) atoms. The van der Waals surface area contributed by atoms with Gasteiger partial charge in [-0.2, -0.15) is 0 Å². The van der Waals surface area contributed by atoms with Crippen LogP contribution in [0.25, 0.3) is 0 Å². The van der Waals surface area contributed by atoms with E-state index in [0.717, 1.165) is 19.3 Å². The molecule has 0 radical (unpaired) electrons. The van der Waals surface area contributed by atoms with Crippen molar-refractivity contribution in [1.82, 2.24) is 4.90 Å². The van der Waals surface area contributed by atoms with Crippen LogP contribution in [0, 0.1) is 0 Å². The molecule has 0 aliphatic carbocycles. The van der Waals surface area contributed by atoms with Crippen molar-refractivity contribution in [3.05, 3.63) is 35.9 Å². The van der Waals surface area contributed by atoms with Crippen LogP contribution in [0.4, 0.5) is 4.79 Å². The van der Waals surface area contributed by atoms with Crippen molar-refractivity contribution < 1.29 is 14.3 Å². The summed E-state index contributed by atoms with van der Waals surface area (Å²) in [5.74, 6) is -0.582. The first-order chi connectivity index (χ1) is 8.27. The highest BCUT2D eigenvalue weighted by Gasteiger charge is 2.21. The number of likely N-dealkylation sites (tertiary alicyclic amines) is 1. The van der Waals surface area contributed by atoms with Gasteiger partial charge < -0.3 is 9.64 Å². The van der Waals surface area contributed by atoms with Crippen LogP contribution in [0.5, 0.6) is 0 Å². The molecule has 1 aliphatic rings. The number of carbonyl (C=O) groups excluding carboxylic acids is 2. The van der Waals surface area contributed by atoms with E-state index in [1.54, 1.807) is 29.2 Å². The van der Waals surface area contributed by atoms with Crippen LogP contribution in [0.3, 0.4) is 0 Å². The fourth-order valence-corrected chi connectivity index (χ4v) is 1.85. The summed E-state index contributed by atoms with van der Waals surface area (Å²) in [5, 5.41) is 0. The summed E-state index contributed by atoms with van der Waals surface area (Å²) in [6.07, 6.45) is 2.57. The van der Waals surface area contributed by atoms with Gasteiger partial charge in [0.15, 0.2) is 0 Å². The van der Waals surface area contributed by atoms with Gasteiger partial charge in [-0.05, 0) is 31.4 Å². The smallest absolute Gasteiger partial charge is 0.372 e. The largest absolute Gasteiger partial charge is 0.417 e. The van der Waals surface area contributed by atoms with E-state index in [1.807, 2.05) is 6.07 Å². The van der Waals surface area contributed by atoms with Crippen LogP contribution in [0.15, 0.2) is 30.3 Å². The third-order valence-electron chi connectivity index (χ3n) is 2.80.